The summed E-state index contributed by atoms with van der Waals surface area (Å²) in [4.78, 5) is 16.4. The minimum Gasteiger partial charge on any atom is -0.497 e. The highest BCUT2D eigenvalue weighted by molar-refractivity contribution is 5.93. The Kier molecular flexibility index (Phi) is 5.85. The van der Waals surface area contributed by atoms with Crippen molar-refractivity contribution in [2.24, 2.45) is 0 Å². The van der Waals surface area contributed by atoms with E-state index in [0.717, 1.165) is 30.8 Å². The third-order valence-corrected chi connectivity index (χ3v) is 4.01. The summed E-state index contributed by atoms with van der Waals surface area (Å²) in [6, 6.07) is 11.2. The summed E-state index contributed by atoms with van der Waals surface area (Å²) in [6.07, 6.45) is 3.19. The SMILES string of the molecule is COc1cccc(CCNC(=O)c2ccc(O[C@H]3CCOC3)nc2)c1. The normalized spacial score (nSPS) is 16.4. The topological polar surface area (TPSA) is 69.7 Å². The zero-order valence-corrected chi connectivity index (χ0v) is 14.2. The molecule has 3 rings (SSSR count). The molecular formula is C19H22N2O4. The molecule has 0 saturated carbocycles. The largest absolute Gasteiger partial charge is 0.497 e. The molecule has 1 amide bonds. The van der Waals surface area contributed by atoms with Crippen molar-refractivity contribution in [2.45, 2.75) is 18.9 Å². The number of pyridine rings is 1. The van der Waals surface area contributed by atoms with Gasteiger partial charge in [-0.15, -0.1) is 0 Å². The maximum atomic E-state index is 12.2. The number of amides is 1. The standard InChI is InChI=1S/C19H22N2O4/c1-23-16-4-2-3-14(11-16)7-9-20-19(22)15-5-6-18(21-12-15)25-17-8-10-24-13-17/h2-6,11-12,17H,7-10,13H2,1H3,(H,20,22)/t17-/m0/s1. The molecule has 2 aromatic rings. The Bertz CT molecular complexity index is 697. The molecule has 1 saturated heterocycles. The predicted octanol–water partition coefficient (Wildman–Crippen LogP) is 2.23. The van der Waals surface area contributed by atoms with Gasteiger partial charge in [0.05, 0.1) is 25.9 Å². The van der Waals surface area contributed by atoms with Gasteiger partial charge in [0.25, 0.3) is 5.91 Å². The Labute approximate surface area is 147 Å². The Balaban J connectivity index is 1.47. The number of carbonyl (C=O) groups excluding carboxylic acids is 1. The molecule has 6 heteroatoms. The van der Waals surface area contributed by atoms with Crippen molar-refractivity contribution in [2.75, 3.05) is 26.9 Å². The second kappa shape index (κ2) is 8.48. The van der Waals surface area contributed by atoms with Crippen LogP contribution in [0, 0.1) is 0 Å². The molecule has 2 heterocycles. The van der Waals surface area contributed by atoms with Gasteiger partial charge in [-0.1, -0.05) is 12.1 Å². The number of nitrogens with one attached hydrogen (secondary N) is 1. The summed E-state index contributed by atoms with van der Waals surface area (Å²) in [5.41, 5.74) is 1.63. The van der Waals surface area contributed by atoms with Crippen LogP contribution in [0.15, 0.2) is 42.6 Å². The summed E-state index contributed by atoms with van der Waals surface area (Å²) in [5, 5.41) is 2.90. The van der Waals surface area contributed by atoms with Crippen molar-refractivity contribution < 1.29 is 19.0 Å². The van der Waals surface area contributed by atoms with E-state index in [1.165, 1.54) is 6.20 Å². The number of methoxy groups -OCH3 is 1. The fraction of sp³-hybridized carbons (Fsp3) is 0.368. The second-order valence-corrected chi connectivity index (χ2v) is 5.85. The summed E-state index contributed by atoms with van der Waals surface area (Å²) in [6.45, 7) is 1.86. The maximum Gasteiger partial charge on any atom is 0.252 e. The smallest absolute Gasteiger partial charge is 0.252 e. The molecule has 25 heavy (non-hydrogen) atoms. The van der Waals surface area contributed by atoms with E-state index in [0.29, 0.717) is 24.6 Å². The molecule has 0 bridgehead atoms. The van der Waals surface area contributed by atoms with Gasteiger partial charge in [0.15, 0.2) is 0 Å². The zero-order valence-electron chi connectivity index (χ0n) is 14.2. The van der Waals surface area contributed by atoms with Crippen LogP contribution < -0.4 is 14.8 Å². The van der Waals surface area contributed by atoms with Crippen molar-refractivity contribution in [1.29, 1.82) is 0 Å². The number of rotatable bonds is 7. The summed E-state index contributed by atoms with van der Waals surface area (Å²) < 4.78 is 16.1. The maximum absolute atomic E-state index is 12.2. The third kappa shape index (κ3) is 4.93. The molecule has 1 aromatic heterocycles. The first-order chi connectivity index (χ1) is 12.2. The van der Waals surface area contributed by atoms with Crippen LogP contribution in [-0.2, 0) is 11.2 Å². The quantitative estimate of drug-likeness (QED) is 0.836. The first kappa shape index (κ1) is 17.2. The van der Waals surface area contributed by atoms with Crippen molar-refractivity contribution in [3.8, 4) is 11.6 Å². The van der Waals surface area contributed by atoms with Gasteiger partial charge in [0, 0.05) is 25.2 Å². The lowest BCUT2D eigenvalue weighted by Crippen LogP contribution is -2.25. The van der Waals surface area contributed by atoms with Crippen LogP contribution >= 0.6 is 0 Å². The third-order valence-electron chi connectivity index (χ3n) is 4.01. The molecule has 0 unspecified atom stereocenters. The second-order valence-electron chi connectivity index (χ2n) is 5.85. The fourth-order valence-corrected chi connectivity index (χ4v) is 2.61. The average Bonchev–Trinajstić information content (AvgIpc) is 3.15. The van der Waals surface area contributed by atoms with Gasteiger partial charge in [-0.2, -0.15) is 0 Å². The summed E-state index contributed by atoms with van der Waals surface area (Å²) >= 11 is 0. The average molecular weight is 342 g/mol. The van der Waals surface area contributed by atoms with E-state index in [9.17, 15) is 4.79 Å². The van der Waals surface area contributed by atoms with E-state index in [2.05, 4.69) is 10.3 Å². The molecule has 0 aliphatic carbocycles. The lowest BCUT2D eigenvalue weighted by molar-refractivity contribution is 0.0953. The summed E-state index contributed by atoms with van der Waals surface area (Å²) in [7, 11) is 1.64. The Morgan fingerprint density at radius 2 is 2.28 bits per heavy atom. The van der Waals surface area contributed by atoms with Gasteiger partial charge in [-0.3, -0.25) is 4.79 Å². The lowest BCUT2D eigenvalue weighted by Gasteiger charge is -2.11. The highest BCUT2D eigenvalue weighted by Gasteiger charge is 2.17. The highest BCUT2D eigenvalue weighted by Crippen LogP contribution is 2.15. The first-order valence-corrected chi connectivity index (χ1v) is 8.36. The number of hydrogen-bond donors (Lipinski definition) is 1. The van der Waals surface area contributed by atoms with Gasteiger partial charge in [-0.25, -0.2) is 4.98 Å². The molecule has 1 atom stereocenters. The number of nitrogens with zero attached hydrogens (tertiary/aromatic N) is 1. The van der Waals surface area contributed by atoms with Crippen molar-refractivity contribution >= 4 is 5.91 Å². The van der Waals surface area contributed by atoms with Gasteiger partial charge < -0.3 is 19.5 Å². The van der Waals surface area contributed by atoms with Gasteiger partial charge >= 0.3 is 0 Å². The van der Waals surface area contributed by atoms with Crippen molar-refractivity contribution in [3.63, 3.8) is 0 Å². The number of hydrogen-bond acceptors (Lipinski definition) is 5. The van der Waals surface area contributed by atoms with Crippen LogP contribution in [-0.4, -0.2) is 43.9 Å². The van der Waals surface area contributed by atoms with E-state index in [1.54, 1.807) is 19.2 Å². The molecule has 132 valence electrons. The first-order valence-electron chi connectivity index (χ1n) is 8.36. The molecular weight excluding hydrogens is 320 g/mol. The molecule has 0 spiro atoms. The van der Waals surface area contributed by atoms with E-state index < -0.39 is 0 Å². The van der Waals surface area contributed by atoms with Crippen LogP contribution in [0.5, 0.6) is 11.6 Å². The zero-order chi connectivity index (χ0) is 17.5. The molecule has 1 aliphatic rings. The van der Waals surface area contributed by atoms with Crippen LogP contribution in [0.1, 0.15) is 22.3 Å². The van der Waals surface area contributed by atoms with Crippen LogP contribution in [0.25, 0.3) is 0 Å². The molecule has 1 N–H and O–H groups in total. The van der Waals surface area contributed by atoms with Crippen LogP contribution in [0.2, 0.25) is 0 Å². The predicted molar refractivity (Wildman–Crippen MR) is 93.1 cm³/mol. The fourth-order valence-electron chi connectivity index (χ4n) is 2.61. The number of carbonyl (C=O) groups is 1. The van der Waals surface area contributed by atoms with E-state index in [-0.39, 0.29) is 12.0 Å². The monoisotopic (exact) mass is 342 g/mol. The van der Waals surface area contributed by atoms with Gasteiger partial charge in [-0.05, 0) is 30.2 Å². The van der Waals surface area contributed by atoms with E-state index >= 15 is 0 Å². The molecule has 1 fully saturated rings. The van der Waals surface area contributed by atoms with Gasteiger partial charge in [0.1, 0.15) is 11.9 Å². The minimum absolute atomic E-state index is 0.0510. The lowest BCUT2D eigenvalue weighted by atomic mass is 10.1. The van der Waals surface area contributed by atoms with E-state index in [4.69, 9.17) is 14.2 Å². The minimum atomic E-state index is -0.147. The summed E-state index contributed by atoms with van der Waals surface area (Å²) in [5.74, 6) is 1.19. The molecule has 0 radical (unpaired) electrons. The Morgan fingerprint density at radius 3 is 3.00 bits per heavy atom. The van der Waals surface area contributed by atoms with E-state index in [1.807, 2.05) is 24.3 Å². The highest BCUT2D eigenvalue weighted by atomic mass is 16.5. The molecule has 1 aromatic carbocycles. The number of aromatic nitrogens is 1. The Hall–Kier alpha value is -2.60. The van der Waals surface area contributed by atoms with Crippen LogP contribution in [0.3, 0.4) is 0 Å². The number of ether oxygens (including phenoxy) is 3. The van der Waals surface area contributed by atoms with Crippen molar-refractivity contribution in [1.82, 2.24) is 10.3 Å². The molecule has 6 nitrogen and oxygen atoms in total. The Morgan fingerprint density at radius 1 is 1.36 bits per heavy atom. The van der Waals surface area contributed by atoms with Gasteiger partial charge in [0.2, 0.25) is 5.88 Å². The number of benzene rings is 1. The van der Waals surface area contributed by atoms with Crippen LogP contribution in [0.4, 0.5) is 0 Å². The van der Waals surface area contributed by atoms with Crippen molar-refractivity contribution in [3.05, 3.63) is 53.7 Å². The molecule has 1 aliphatic heterocycles.